The number of thiazole rings is 2. The molecule has 0 atom stereocenters. The van der Waals surface area contributed by atoms with Crippen molar-refractivity contribution < 1.29 is 4.42 Å². The second-order valence-corrected chi connectivity index (χ2v) is 13.2. The molecule has 0 unspecified atom stereocenters. The van der Waals surface area contributed by atoms with Crippen molar-refractivity contribution in [2.75, 3.05) is 4.90 Å². The summed E-state index contributed by atoms with van der Waals surface area (Å²) in [7, 11) is 0. The van der Waals surface area contributed by atoms with Gasteiger partial charge >= 0.3 is 0 Å². The van der Waals surface area contributed by atoms with Gasteiger partial charge in [-0.15, -0.1) is 22.7 Å². The summed E-state index contributed by atoms with van der Waals surface area (Å²) in [6, 6.07) is 52.7. The van der Waals surface area contributed by atoms with Gasteiger partial charge in [0.1, 0.15) is 21.4 Å². The number of anilines is 3. The highest BCUT2D eigenvalue weighted by molar-refractivity contribution is 7.22. The molecule has 0 spiro atoms. The lowest BCUT2D eigenvalue weighted by molar-refractivity contribution is 0.631. The molecule has 0 saturated heterocycles. The van der Waals surface area contributed by atoms with Crippen LogP contribution in [0.25, 0.3) is 63.9 Å². The Balaban J connectivity index is 1.09. The van der Waals surface area contributed by atoms with Crippen LogP contribution in [0.15, 0.2) is 156 Å². The molecule has 0 saturated carbocycles. The van der Waals surface area contributed by atoms with E-state index in [4.69, 9.17) is 14.4 Å². The molecule has 218 valence electrons. The highest BCUT2D eigenvalue weighted by Crippen LogP contribution is 2.39. The van der Waals surface area contributed by atoms with E-state index in [1.165, 1.54) is 9.40 Å². The Morgan fingerprint density at radius 2 is 0.913 bits per heavy atom. The van der Waals surface area contributed by atoms with E-state index in [1.54, 1.807) is 22.7 Å². The normalized spacial score (nSPS) is 11.5. The Hall–Kier alpha value is -5.56. The Kier molecular flexibility index (Phi) is 6.47. The molecule has 0 aliphatic carbocycles. The van der Waals surface area contributed by atoms with E-state index < -0.39 is 0 Å². The minimum Gasteiger partial charge on any atom is -0.456 e. The maximum Gasteiger partial charge on any atom is 0.135 e. The number of fused-ring (bicyclic) bond motifs is 3. The molecule has 0 bridgehead atoms. The molecule has 0 N–H and O–H groups in total. The van der Waals surface area contributed by atoms with Crippen molar-refractivity contribution in [1.29, 1.82) is 0 Å². The standard InChI is InChI=1S/C40H25N3OS2/c1-4-10-35-29(7-1)25-36(44-35)26-13-19-30(20-14-26)43(31-21-15-27(16-22-31)39-41-33-8-2-5-11-37(33)45-39)32-23-17-28(18-24-32)40-42-34-9-3-6-12-38(34)46-40/h1-25H. The van der Waals surface area contributed by atoms with Crippen LogP contribution in [0.3, 0.4) is 0 Å². The van der Waals surface area contributed by atoms with Crippen molar-refractivity contribution >= 4 is 71.1 Å². The second-order valence-electron chi connectivity index (χ2n) is 11.1. The summed E-state index contributed by atoms with van der Waals surface area (Å²) < 4.78 is 8.54. The fourth-order valence-electron chi connectivity index (χ4n) is 5.84. The maximum absolute atomic E-state index is 6.15. The number of hydrogen-bond acceptors (Lipinski definition) is 6. The molecule has 4 nitrogen and oxygen atoms in total. The summed E-state index contributed by atoms with van der Waals surface area (Å²) in [5, 5.41) is 3.15. The molecule has 0 fully saturated rings. The fraction of sp³-hybridized carbons (Fsp3) is 0. The summed E-state index contributed by atoms with van der Waals surface area (Å²) in [6.07, 6.45) is 0. The van der Waals surface area contributed by atoms with E-state index in [1.807, 2.05) is 30.3 Å². The topological polar surface area (TPSA) is 42.2 Å². The molecule has 3 aromatic heterocycles. The zero-order valence-corrected chi connectivity index (χ0v) is 26.1. The van der Waals surface area contributed by atoms with Gasteiger partial charge in [-0.3, -0.25) is 0 Å². The zero-order valence-electron chi connectivity index (χ0n) is 24.5. The van der Waals surface area contributed by atoms with Gasteiger partial charge in [-0.1, -0.05) is 42.5 Å². The SMILES string of the molecule is c1ccc2oc(-c3ccc(N(c4ccc(-c5nc6ccccc6s5)cc4)c4ccc(-c5nc6ccccc6s5)cc4)cc3)cc2c1. The van der Waals surface area contributed by atoms with Crippen molar-refractivity contribution in [1.82, 2.24) is 9.97 Å². The number of para-hydroxylation sites is 3. The monoisotopic (exact) mass is 627 g/mol. The van der Waals surface area contributed by atoms with Crippen LogP contribution in [0.1, 0.15) is 0 Å². The first kappa shape index (κ1) is 26.8. The lowest BCUT2D eigenvalue weighted by atomic mass is 10.1. The number of furan rings is 1. The van der Waals surface area contributed by atoms with Crippen LogP contribution in [-0.4, -0.2) is 9.97 Å². The van der Waals surface area contributed by atoms with Gasteiger partial charge in [0.05, 0.1) is 20.4 Å². The number of rotatable bonds is 6. The molecule has 46 heavy (non-hydrogen) atoms. The van der Waals surface area contributed by atoms with Crippen LogP contribution in [0, 0.1) is 0 Å². The first-order valence-corrected chi connectivity index (χ1v) is 16.7. The zero-order chi connectivity index (χ0) is 30.5. The largest absolute Gasteiger partial charge is 0.456 e. The smallest absolute Gasteiger partial charge is 0.135 e. The van der Waals surface area contributed by atoms with Crippen molar-refractivity contribution in [2.45, 2.75) is 0 Å². The average molecular weight is 628 g/mol. The number of hydrogen-bond donors (Lipinski definition) is 0. The number of aromatic nitrogens is 2. The molecule has 0 aliphatic heterocycles. The van der Waals surface area contributed by atoms with E-state index >= 15 is 0 Å². The number of nitrogens with zero attached hydrogens (tertiary/aromatic N) is 3. The summed E-state index contributed by atoms with van der Waals surface area (Å²) >= 11 is 3.44. The van der Waals surface area contributed by atoms with Crippen molar-refractivity contribution in [3.63, 3.8) is 0 Å². The molecular weight excluding hydrogens is 603 g/mol. The van der Waals surface area contributed by atoms with Gasteiger partial charge in [-0.05, 0) is 109 Å². The lowest BCUT2D eigenvalue weighted by Gasteiger charge is -2.26. The van der Waals surface area contributed by atoms with Crippen LogP contribution >= 0.6 is 22.7 Å². The average Bonchev–Trinajstić information content (AvgIpc) is 3.86. The third-order valence-corrected chi connectivity index (χ3v) is 10.3. The minimum atomic E-state index is 0.861. The molecule has 9 aromatic rings. The van der Waals surface area contributed by atoms with E-state index in [-0.39, 0.29) is 0 Å². The number of benzene rings is 6. The van der Waals surface area contributed by atoms with Gasteiger partial charge in [0.2, 0.25) is 0 Å². The Labute approximate surface area is 273 Å². The first-order chi connectivity index (χ1) is 22.7. The molecular formula is C40H25N3OS2. The summed E-state index contributed by atoms with van der Waals surface area (Å²) in [5.41, 5.74) is 9.40. The van der Waals surface area contributed by atoms with Crippen molar-refractivity contribution in [3.8, 4) is 32.5 Å². The third-order valence-electron chi connectivity index (χ3n) is 8.17. The van der Waals surface area contributed by atoms with Gasteiger partial charge < -0.3 is 9.32 Å². The molecule has 3 heterocycles. The van der Waals surface area contributed by atoms with E-state index in [2.05, 4.69) is 126 Å². The quantitative estimate of drug-likeness (QED) is 0.184. The van der Waals surface area contributed by atoms with Crippen LogP contribution in [0.2, 0.25) is 0 Å². The summed E-state index contributed by atoms with van der Waals surface area (Å²) in [4.78, 5) is 12.0. The Morgan fingerprint density at radius 3 is 1.41 bits per heavy atom. The summed E-state index contributed by atoms with van der Waals surface area (Å²) in [5.74, 6) is 0.861. The van der Waals surface area contributed by atoms with Gasteiger partial charge in [0, 0.05) is 39.1 Å². The van der Waals surface area contributed by atoms with Crippen LogP contribution in [0.5, 0.6) is 0 Å². The van der Waals surface area contributed by atoms with Crippen LogP contribution in [-0.2, 0) is 0 Å². The van der Waals surface area contributed by atoms with E-state index in [0.717, 1.165) is 71.5 Å². The fourth-order valence-corrected chi connectivity index (χ4v) is 7.79. The Bertz CT molecular complexity index is 2090. The van der Waals surface area contributed by atoms with Crippen LogP contribution < -0.4 is 4.90 Å². The third kappa shape index (κ3) is 4.85. The predicted molar refractivity (Wildman–Crippen MR) is 194 cm³/mol. The van der Waals surface area contributed by atoms with Gasteiger partial charge in [-0.2, -0.15) is 0 Å². The highest BCUT2D eigenvalue weighted by Gasteiger charge is 2.16. The maximum atomic E-state index is 6.15. The van der Waals surface area contributed by atoms with Crippen molar-refractivity contribution in [2.24, 2.45) is 0 Å². The molecule has 0 amide bonds. The molecule has 0 radical (unpaired) electrons. The van der Waals surface area contributed by atoms with E-state index in [0.29, 0.717) is 0 Å². The first-order valence-electron chi connectivity index (χ1n) is 15.1. The molecule has 6 heteroatoms. The summed E-state index contributed by atoms with van der Waals surface area (Å²) in [6.45, 7) is 0. The Morgan fingerprint density at radius 1 is 0.457 bits per heavy atom. The van der Waals surface area contributed by atoms with Crippen LogP contribution in [0.4, 0.5) is 17.1 Å². The highest BCUT2D eigenvalue weighted by atomic mass is 32.1. The second kappa shape index (κ2) is 11.1. The molecule has 0 aliphatic rings. The predicted octanol–water partition coefficient (Wildman–Crippen LogP) is 12.1. The molecule has 9 rings (SSSR count). The lowest BCUT2D eigenvalue weighted by Crippen LogP contribution is -2.09. The van der Waals surface area contributed by atoms with Crippen molar-refractivity contribution in [3.05, 3.63) is 152 Å². The van der Waals surface area contributed by atoms with Gasteiger partial charge in [0.15, 0.2) is 0 Å². The van der Waals surface area contributed by atoms with Gasteiger partial charge in [-0.25, -0.2) is 9.97 Å². The van der Waals surface area contributed by atoms with Gasteiger partial charge in [0.25, 0.3) is 0 Å². The minimum absolute atomic E-state index is 0.861. The van der Waals surface area contributed by atoms with E-state index in [9.17, 15) is 0 Å². The molecule has 6 aromatic carbocycles.